The monoisotopic (exact) mass is 654 g/mol. The predicted molar refractivity (Wildman–Crippen MR) is 171 cm³/mol. The third-order valence-electron chi connectivity index (χ3n) is 7.89. The lowest BCUT2D eigenvalue weighted by Gasteiger charge is -2.53. The largest absolute Gasteiger partial charge is 0.336 e. The molecule has 5 rings (SSSR count). The highest BCUT2D eigenvalue weighted by atomic mass is 35.5. The van der Waals surface area contributed by atoms with E-state index in [2.05, 4.69) is 0 Å². The molecule has 2 amide bonds. The number of ketones is 1. The molecule has 230 valence electrons. The van der Waals surface area contributed by atoms with E-state index in [0.717, 1.165) is 21.9 Å². The van der Waals surface area contributed by atoms with E-state index in [9.17, 15) is 27.2 Å². The first-order chi connectivity index (χ1) is 20.9. The van der Waals surface area contributed by atoms with Crippen LogP contribution in [0.25, 0.3) is 10.1 Å². The molecule has 0 bridgehead atoms. The van der Waals surface area contributed by atoms with Gasteiger partial charge in [0.1, 0.15) is 22.9 Å². The van der Waals surface area contributed by atoms with Gasteiger partial charge < -0.3 is 9.80 Å². The van der Waals surface area contributed by atoms with Crippen LogP contribution in [0.15, 0.2) is 78.2 Å². The van der Waals surface area contributed by atoms with Gasteiger partial charge in [-0.15, -0.1) is 11.3 Å². The van der Waals surface area contributed by atoms with Crippen molar-refractivity contribution in [2.75, 3.05) is 25.1 Å². The number of sulfone groups is 1. The highest BCUT2D eigenvalue weighted by molar-refractivity contribution is 7.91. The number of thiophene rings is 1. The quantitative estimate of drug-likeness (QED) is 0.189. The molecule has 1 aliphatic rings. The Morgan fingerprint density at radius 2 is 1.77 bits per heavy atom. The molecule has 44 heavy (non-hydrogen) atoms. The fraction of sp³-hybridized carbons (Fsp3) is 0.303. The van der Waals surface area contributed by atoms with Crippen molar-refractivity contribution in [2.24, 2.45) is 0 Å². The normalized spacial score (nSPS) is 16.5. The highest BCUT2D eigenvalue weighted by Crippen LogP contribution is 2.40. The Balaban J connectivity index is 1.49. The Kier molecular flexibility index (Phi) is 9.53. The minimum Gasteiger partial charge on any atom is -0.336 e. The number of likely N-dealkylation sites (tertiary alicyclic amines) is 1. The highest BCUT2D eigenvalue weighted by Gasteiger charge is 2.55. The zero-order chi connectivity index (χ0) is 31.5. The molecule has 7 nitrogen and oxygen atoms in total. The van der Waals surface area contributed by atoms with Crippen molar-refractivity contribution in [1.29, 1.82) is 0 Å². The number of hydrogen-bond donors (Lipinski definition) is 0. The average molecular weight is 655 g/mol. The van der Waals surface area contributed by atoms with E-state index in [4.69, 9.17) is 11.6 Å². The number of benzene rings is 3. The van der Waals surface area contributed by atoms with Crippen LogP contribution < -0.4 is 0 Å². The molecule has 1 atom stereocenters. The fourth-order valence-electron chi connectivity index (χ4n) is 5.73. The Hall–Kier alpha value is -3.60. The minimum absolute atomic E-state index is 0.0130. The van der Waals surface area contributed by atoms with Crippen LogP contribution in [0, 0.1) is 5.82 Å². The van der Waals surface area contributed by atoms with Crippen molar-refractivity contribution in [3.63, 3.8) is 0 Å². The molecule has 2 heterocycles. The summed E-state index contributed by atoms with van der Waals surface area (Å²) in [6, 6.07) is 20.6. The standard InChI is InChI=1S/C33H32ClFN2O5S2/c1-44(41,42)22-27(38)8-5-16-36(20-24-6-4-7-25(34)18-24)32(40)33(19-23-11-13-26(35)14-12-23)15-17-37(33)31(39)29-21-43-30-10-3-2-9-28(29)30/h2-4,6-7,9-14,18,21H,5,8,15-17,19-20,22H2,1H3. The van der Waals surface area contributed by atoms with Crippen LogP contribution in [0.5, 0.6) is 0 Å². The van der Waals surface area contributed by atoms with E-state index in [1.165, 1.54) is 23.5 Å². The molecular formula is C33H32ClFN2O5S2. The lowest BCUT2D eigenvalue weighted by atomic mass is 9.77. The van der Waals surface area contributed by atoms with E-state index in [-0.39, 0.29) is 44.2 Å². The van der Waals surface area contributed by atoms with Crippen LogP contribution in [0.3, 0.4) is 0 Å². The summed E-state index contributed by atoms with van der Waals surface area (Å²) in [5.41, 5.74) is 0.756. The van der Waals surface area contributed by atoms with Crippen LogP contribution in [0.1, 0.15) is 40.7 Å². The van der Waals surface area contributed by atoms with Crippen molar-refractivity contribution in [2.45, 2.75) is 37.8 Å². The number of amides is 2. The van der Waals surface area contributed by atoms with Gasteiger partial charge in [-0.3, -0.25) is 14.4 Å². The zero-order valence-corrected chi connectivity index (χ0v) is 26.6. The first kappa shape index (κ1) is 31.8. The van der Waals surface area contributed by atoms with Crippen LogP contribution in [0.4, 0.5) is 4.39 Å². The number of carbonyl (C=O) groups excluding carboxylic acids is 3. The molecule has 1 aromatic heterocycles. The molecule has 0 aliphatic carbocycles. The second-order valence-electron chi connectivity index (χ2n) is 11.3. The lowest BCUT2D eigenvalue weighted by molar-refractivity contribution is -0.151. The molecule has 1 saturated heterocycles. The van der Waals surface area contributed by atoms with Crippen molar-refractivity contribution in [3.8, 4) is 0 Å². The van der Waals surface area contributed by atoms with Gasteiger partial charge in [-0.1, -0.05) is 54.1 Å². The van der Waals surface area contributed by atoms with Gasteiger partial charge in [-0.2, -0.15) is 0 Å². The van der Waals surface area contributed by atoms with Crippen molar-refractivity contribution >= 4 is 60.5 Å². The zero-order valence-electron chi connectivity index (χ0n) is 24.2. The summed E-state index contributed by atoms with van der Waals surface area (Å²) in [4.78, 5) is 44.4. The molecule has 4 aromatic rings. The molecule has 0 spiro atoms. The van der Waals surface area contributed by atoms with E-state index >= 15 is 0 Å². The van der Waals surface area contributed by atoms with E-state index in [1.807, 2.05) is 35.7 Å². The molecule has 11 heteroatoms. The summed E-state index contributed by atoms with van der Waals surface area (Å²) in [7, 11) is -3.47. The Labute approximate surface area is 265 Å². The third kappa shape index (κ3) is 7.20. The summed E-state index contributed by atoms with van der Waals surface area (Å²) in [6.07, 6.45) is 1.82. The molecular weight excluding hydrogens is 623 g/mol. The van der Waals surface area contributed by atoms with Gasteiger partial charge in [0.2, 0.25) is 5.91 Å². The molecule has 1 aliphatic heterocycles. The maximum Gasteiger partial charge on any atom is 0.256 e. The molecule has 0 N–H and O–H groups in total. The number of hydrogen-bond acceptors (Lipinski definition) is 6. The number of Topliss-reactive ketones (excluding diaryl/α,β-unsaturated/α-hetero) is 1. The SMILES string of the molecule is CS(=O)(=O)CC(=O)CCCN(Cc1cccc(Cl)c1)C(=O)C1(Cc2ccc(F)cc2)CCN1C(=O)c1csc2ccccc12. The summed E-state index contributed by atoms with van der Waals surface area (Å²) >= 11 is 7.71. The number of nitrogens with zero attached hydrogens (tertiary/aromatic N) is 2. The Morgan fingerprint density at radius 1 is 1.02 bits per heavy atom. The minimum atomic E-state index is -3.47. The van der Waals surface area contributed by atoms with Gasteiger partial charge in [-0.05, 0) is 54.3 Å². The van der Waals surface area contributed by atoms with Crippen molar-refractivity contribution < 1.29 is 27.2 Å². The summed E-state index contributed by atoms with van der Waals surface area (Å²) < 4.78 is 38.0. The van der Waals surface area contributed by atoms with E-state index < -0.39 is 32.7 Å². The Morgan fingerprint density at radius 3 is 2.45 bits per heavy atom. The molecule has 1 unspecified atom stereocenters. The second-order valence-corrected chi connectivity index (χ2v) is 14.7. The summed E-state index contributed by atoms with van der Waals surface area (Å²) in [6.45, 7) is 0.706. The lowest BCUT2D eigenvalue weighted by Crippen LogP contribution is -2.70. The summed E-state index contributed by atoms with van der Waals surface area (Å²) in [5, 5.41) is 3.14. The van der Waals surface area contributed by atoms with E-state index in [1.54, 1.807) is 40.1 Å². The van der Waals surface area contributed by atoms with Gasteiger partial charge in [-0.25, -0.2) is 12.8 Å². The number of rotatable bonds is 12. The predicted octanol–water partition coefficient (Wildman–Crippen LogP) is 5.94. The van der Waals surface area contributed by atoms with Crippen LogP contribution in [0.2, 0.25) is 5.02 Å². The number of carbonyl (C=O) groups is 3. The number of halogens is 2. The van der Waals surface area contributed by atoms with Crippen molar-refractivity contribution in [3.05, 3.63) is 106 Å². The average Bonchev–Trinajstić information content (AvgIpc) is 3.39. The fourth-order valence-corrected chi connectivity index (χ4v) is 7.61. The van der Waals surface area contributed by atoms with Crippen LogP contribution in [-0.2, 0) is 32.4 Å². The van der Waals surface area contributed by atoms with Gasteiger partial charge in [0.15, 0.2) is 9.84 Å². The van der Waals surface area contributed by atoms with E-state index in [0.29, 0.717) is 29.1 Å². The van der Waals surface area contributed by atoms with Gasteiger partial charge in [0.25, 0.3) is 5.91 Å². The molecule has 3 aromatic carbocycles. The summed E-state index contributed by atoms with van der Waals surface area (Å²) in [5.74, 6) is -1.93. The second kappa shape index (κ2) is 13.2. The molecule has 0 radical (unpaired) electrons. The smallest absolute Gasteiger partial charge is 0.256 e. The van der Waals surface area contributed by atoms with Gasteiger partial charge >= 0.3 is 0 Å². The third-order valence-corrected chi connectivity index (χ3v) is 9.93. The van der Waals surface area contributed by atoms with Crippen LogP contribution in [-0.4, -0.2) is 66.5 Å². The maximum absolute atomic E-state index is 14.7. The van der Waals surface area contributed by atoms with Crippen LogP contribution >= 0.6 is 22.9 Å². The first-order valence-electron chi connectivity index (χ1n) is 14.2. The number of fused-ring (bicyclic) bond motifs is 1. The Bertz CT molecular complexity index is 1810. The first-order valence-corrected chi connectivity index (χ1v) is 17.5. The molecule has 1 fully saturated rings. The topological polar surface area (TPSA) is 91.8 Å². The molecule has 0 saturated carbocycles. The maximum atomic E-state index is 14.7. The van der Waals surface area contributed by atoms with Crippen molar-refractivity contribution in [1.82, 2.24) is 9.80 Å². The van der Waals surface area contributed by atoms with Gasteiger partial charge in [0, 0.05) is 59.2 Å². The van der Waals surface area contributed by atoms with Gasteiger partial charge in [0.05, 0.1) is 5.56 Å².